The lowest BCUT2D eigenvalue weighted by atomic mass is 9.93. The zero-order valence-electron chi connectivity index (χ0n) is 13.7. The van der Waals surface area contributed by atoms with E-state index in [4.69, 9.17) is 11.6 Å². The maximum absolute atomic E-state index is 6.05. The molecule has 1 heteroatoms. The fourth-order valence-corrected chi connectivity index (χ4v) is 3.16. The summed E-state index contributed by atoms with van der Waals surface area (Å²) in [6.07, 6.45) is 0. The maximum atomic E-state index is 6.05. The molecule has 0 radical (unpaired) electrons. The maximum Gasteiger partial charge on any atom is 0.0406 e. The normalized spacial score (nSPS) is 10.6. The predicted octanol–water partition coefficient (Wildman–Crippen LogP) is 7.34. The van der Waals surface area contributed by atoms with Gasteiger partial charge in [0.05, 0.1) is 0 Å². The lowest BCUT2D eigenvalue weighted by Gasteiger charge is -2.11. The molecular weight excluding hydrogens is 324 g/mol. The molecular formula is C24H17Cl. The van der Waals surface area contributed by atoms with Crippen molar-refractivity contribution in [2.45, 2.75) is 0 Å². The minimum absolute atomic E-state index is 0.756. The predicted molar refractivity (Wildman–Crippen MR) is 108 cm³/mol. The van der Waals surface area contributed by atoms with Crippen molar-refractivity contribution in [3.05, 3.63) is 108 Å². The molecule has 0 unspecified atom stereocenters. The second kappa shape index (κ2) is 6.96. The number of hydrogen-bond donors (Lipinski definition) is 0. The zero-order chi connectivity index (χ0) is 17.1. The fraction of sp³-hybridized carbons (Fsp3) is 0. The highest BCUT2D eigenvalue weighted by molar-refractivity contribution is 6.30. The van der Waals surface area contributed by atoms with Crippen LogP contribution in [0.2, 0.25) is 5.02 Å². The first kappa shape index (κ1) is 15.7. The first-order valence-electron chi connectivity index (χ1n) is 8.31. The van der Waals surface area contributed by atoms with Crippen LogP contribution >= 0.6 is 11.6 Å². The van der Waals surface area contributed by atoms with E-state index in [9.17, 15) is 0 Å². The van der Waals surface area contributed by atoms with E-state index >= 15 is 0 Å². The lowest BCUT2D eigenvalue weighted by Crippen LogP contribution is -1.86. The first-order chi connectivity index (χ1) is 12.3. The van der Waals surface area contributed by atoms with E-state index in [1.165, 1.54) is 33.4 Å². The van der Waals surface area contributed by atoms with Gasteiger partial charge < -0.3 is 0 Å². The molecule has 0 aliphatic rings. The molecule has 0 heterocycles. The molecule has 4 aromatic rings. The summed E-state index contributed by atoms with van der Waals surface area (Å²) >= 11 is 6.05. The highest BCUT2D eigenvalue weighted by Gasteiger charge is 2.07. The van der Waals surface area contributed by atoms with Crippen LogP contribution in [0.15, 0.2) is 103 Å². The SMILES string of the molecule is Clc1ccc(-c2cc(-c3ccccc3)cc(-c3ccccc3)c2)cc1. The van der Waals surface area contributed by atoms with Crippen LogP contribution in [0.3, 0.4) is 0 Å². The van der Waals surface area contributed by atoms with Gasteiger partial charge in [0.2, 0.25) is 0 Å². The van der Waals surface area contributed by atoms with E-state index in [1.54, 1.807) is 0 Å². The van der Waals surface area contributed by atoms with Crippen molar-refractivity contribution in [2.24, 2.45) is 0 Å². The third-order valence-electron chi connectivity index (χ3n) is 4.32. The van der Waals surface area contributed by atoms with Crippen LogP contribution in [0.5, 0.6) is 0 Å². The molecule has 25 heavy (non-hydrogen) atoms. The molecule has 0 fully saturated rings. The Balaban J connectivity index is 1.90. The minimum Gasteiger partial charge on any atom is -0.0843 e. The number of halogens is 1. The molecule has 0 amide bonds. The van der Waals surface area contributed by atoms with E-state index in [0.717, 1.165) is 5.02 Å². The lowest BCUT2D eigenvalue weighted by molar-refractivity contribution is 1.56. The molecule has 0 spiro atoms. The van der Waals surface area contributed by atoms with Gasteiger partial charge in [-0.2, -0.15) is 0 Å². The minimum atomic E-state index is 0.756. The summed E-state index contributed by atoms with van der Waals surface area (Å²) in [5.41, 5.74) is 7.22. The highest BCUT2D eigenvalue weighted by Crippen LogP contribution is 2.33. The van der Waals surface area contributed by atoms with Crippen molar-refractivity contribution in [1.29, 1.82) is 0 Å². The van der Waals surface area contributed by atoms with Gasteiger partial charge in [0.15, 0.2) is 0 Å². The molecule has 0 aliphatic heterocycles. The third-order valence-corrected chi connectivity index (χ3v) is 4.58. The molecule has 0 atom stereocenters. The van der Waals surface area contributed by atoms with E-state index in [0.29, 0.717) is 0 Å². The van der Waals surface area contributed by atoms with Crippen LogP contribution in [0.25, 0.3) is 33.4 Å². The molecule has 0 saturated heterocycles. The molecule has 0 nitrogen and oxygen atoms in total. The van der Waals surface area contributed by atoms with Gasteiger partial charge in [-0.05, 0) is 63.7 Å². The third kappa shape index (κ3) is 3.50. The quantitative estimate of drug-likeness (QED) is 0.366. The molecule has 0 saturated carbocycles. The molecule has 0 N–H and O–H groups in total. The van der Waals surface area contributed by atoms with Crippen molar-refractivity contribution in [3.63, 3.8) is 0 Å². The van der Waals surface area contributed by atoms with Crippen LogP contribution in [0.1, 0.15) is 0 Å². The van der Waals surface area contributed by atoms with Crippen LogP contribution in [0.4, 0.5) is 0 Å². The molecule has 0 bridgehead atoms. The fourth-order valence-electron chi connectivity index (χ4n) is 3.03. The van der Waals surface area contributed by atoms with Gasteiger partial charge in [-0.25, -0.2) is 0 Å². The van der Waals surface area contributed by atoms with Gasteiger partial charge in [-0.3, -0.25) is 0 Å². The van der Waals surface area contributed by atoms with Gasteiger partial charge in [0.25, 0.3) is 0 Å². The van der Waals surface area contributed by atoms with Crippen molar-refractivity contribution in [1.82, 2.24) is 0 Å². The first-order valence-corrected chi connectivity index (χ1v) is 8.69. The second-order valence-electron chi connectivity index (χ2n) is 6.04. The van der Waals surface area contributed by atoms with Crippen molar-refractivity contribution < 1.29 is 0 Å². The smallest absolute Gasteiger partial charge is 0.0406 e. The molecule has 0 aliphatic carbocycles. The summed E-state index contributed by atoms with van der Waals surface area (Å²) in [4.78, 5) is 0. The number of rotatable bonds is 3. The van der Waals surface area contributed by atoms with Gasteiger partial charge in [-0.1, -0.05) is 84.4 Å². The Morgan fingerprint density at radius 3 is 1.12 bits per heavy atom. The van der Waals surface area contributed by atoms with Crippen LogP contribution in [-0.4, -0.2) is 0 Å². The van der Waals surface area contributed by atoms with E-state index in [2.05, 4.69) is 78.9 Å². The topological polar surface area (TPSA) is 0 Å². The summed E-state index contributed by atoms with van der Waals surface area (Å²) in [6, 6.07) is 35.7. The van der Waals surface area contributed by atoms with Crippen LogP contribution in [0, 0.1) is 0 Å². The molecule has 120 valence electrons. The summed E-state index contributed by atoms with van der Waals surface area (Å²) in [7, 11) is 0. The summed E-state index contributed by atoms with van der Waals surface area (Å²) in [5.74, 6) is 0. The monoisotopic (exact) mass is 340 g/mol. The van der Waals surface area contributed by atoms with Gasteiger partial charge >= 0.3 is 0 Å². The van der Waals surface area contributed by atoms with Gasteiger partial charge in [0.1, 0.15) is 0 Å². The van der Waals surface area contributed by atoms with Crippen molar-refractivity contribution in [2.75, 3.05) is 0 Å². The van der Waals surface area contributed by atoms with Crippen LogP contribution in [-0.2, 0) is 0 Å². The molecule has 4 rings (SSSR count). The zero-order valence-corrected chi connectivity index (χ0v) is 14.4. The number of hydrogen-bond acceptors (Lipinski definition) is 0. The standard InChI is InChI=1S/C24H17Cl/c25-24-13-11-20(12-14-24)23-16-21(18-7-3-1-4-8-18)15-22(17-23)19-9-5-2-6-10-19/h1-17H. The van der Waals surface area contributed by atoms with Crippen molar-refractivity contribution >= 4 is 11.6 Å². The molecule has 0 aromatic heterocycles. The van der Waals surface area contributed by atoms with Crippen molar-refractivity contribution in [3.8, 4) is 33.4 Å². The highest BCUT2D eigenvalue weighted by atomic mass is 35.5. The van der Waals surface area contributed by atoms with Crippen LogP contribution < -0.4 is 0 Å². The largest absolute Gasteiger partial charge is 0.0843 e. The Bertz CT molecular complexity index is 914. The Kier molecular flexibility index (Phi) is 4.37. The van der Waals surface area contributed by atoms with E-state index < -0.39 is 0 Å². The average molecular weight is 341 g/mol. The Morgan fingerprint density at radius 2 is 0.720 bits per heavy atom. The van der Waals surface area contributed by atoms with E-state index in [1.807, 2.05) is 24.3 Å². The Hall–Kier alpha value is -2.83. The summed E-state index contributed by atoms with van der Waals surface area (Å²) in [6.45, 7) is 0. The average Bonchev–Trinajstić information content (AvgIpc) is 2.69. The summed E-state index contributed by atoms with van der Waals surface area (Å²) < 4.78 is 0. The molecule has 4 aromatic carbocycles. The Morgan fingerprint density at radius 1 is 0.360 bits per heavy atom. The number of benzene rings is 4. The Labute approximate surface area is 153 Å². The second-order valence-corrected chi connectivity index (χ2v) is 6.47. The summed E-state index contributed by atoms with van der Waals surface area (Å²) in [5, 5.41) is 0.756. The van der Waals surface area contributed by atoms with E-state index in [-0.39, 0.29) is 0 Å². The van der Waals surface area contributed by atoms with Gasteiger partial charge in [-0.15, -0.1) is 0 Å². The van der Waals surface area contributed by atoms with Gasteiger partial charge in [0, 0.05) is 5.02 Å².